The first-order valence-electron chi connectivity index (χ1n) is 15.8. The number of amides is 2. The van der Waals surface area contributed by atoms with Crippen LogP contribution in [-0.2, 0) is 23.9 Å². The quantitative estimate of drug-likeness (QED) is 0.118. The van der Waals surface area contributed by atoms with Gasteiger partial charge in [0.25, 0.3) is 0 Å². The number of carboxylic acids is 1. The van der Waals surface area contributed by atoms with E-state index >= 15 is 0 Å². The number of carboxylic acid groups (broad SMARTS) is 1. The Labute approximate surface area is 242 Å². The third-order valence-corrected chi connectivity index (χ3v) is 8.51. The van der Waals surface area contributed by atoms with Crippen LogP contribution in [0.4, 0.5) is 0 Å². The van der Waals surface area contributed by atoms with Crippen molar-refractivity contribution in [1.82, 2.24) is 10.6 Å². The van der Waals surface area contributed by atoms with E-state index in [1.54, 1.807) is 0 Å². The van der Waals surface area contributed by atoms with Crippen LogP contribution < -0.4 is 16.4 Å². The summed E-state index contributed by atoms with van der Waals surface area (Å²) in [5.41, 5.74) is 6.14. The molecule has 1 aliphatic carbocycles. The van der Waals surface area contributed by atoms with E-state index in [4.69, 9.17) is 10.5 Å². The van der Waals surface area contributed by atoms with E-state index in [0.717, 1.165) is 64.2 Å². The minimum atomic E-state index is -1.13. The van der Waals surface area contributed by atoms with Gasteiger partial charge in [-0.3, -0.25) is 19.2 Å². The SMILES string of the molecule is CCCCCCCC[C@H](C)[C@H](CC(=O)N[C@@H](CC1CCCCC1)C(=O)N[C@@H](C)C(=O)O)OC(=O)[C@@H](N)[C@H](C)CC. The Balaban J connectivity index is 2.94. The number of esters is 1. The van der Waals surface area contributed by atoms with Gasteiger partial charge in [0, 0.05) is 0 Å². The van der Waals surface area contributed by atoms with Gasteiger partial charge < -0.3 is 26.2 Å². The van der Waals surface area contributed by atoms with Crippen LogP contribution in [0.3, 0.4) is 0 Å². The molecule has 0 aromatic heterocycles. The highest BCUT2D eigenvalue weighted by Crippen LogP contribution is 2.28. The largest absolute Gasteiger partial charge is 0.480 e. The highest BCUT2D eigenvalue weighted by Gasteiger charge is 2.32. The van der Waals surface area contributed by atoms with Crippen LogP contribution >= 0.6 is 0 Å². The lowest BCUT2D eigenvalue weighted by molar-refractivity contribution is -0.156. The van der Waals surface area contributed by atoms with Crippen LogP contribution in [0.1, 0.15) is 131 Å². The second kappa shape index (κ2) is 19.8. The molecule has 0 heterocycles. The second-order valence-corrected chi connectivity index (χ2v) is 12.1. The molecular formula is C31H57N3O6. The summed E-state index contributed by atoms with van der Waals surface area (Å²) in [5, 5.41) is 14.6. The maximum atomic E-state index is 13.3. The molecule has 1 rings (SSSR count). The smallest absolute Gasteiger partial charge is 0.325 e. The Morgan fingerprint density at radius 3 is 2.12 bits per heavy atom. The molecule has 2 amide bonds. The molecule has 0 aromatic carbocycles. The lowest BCUT2D eigenvalue weighted by atomic mass is 9.84. The summed E-state index contributed by atoms with van der Waals surface area (Å²) in [6, 6.07) is -2.67. The van der Waals surface area contributed by atoms with Crippen molar-refractivity contribution in [3.05, 3.63) is 0 Å². The van der Waals surface area contributed by atoms with Gasteiger partial charge in [-0.05, 0) is 37.5 Å². The first-order valence-corrected chi connectivity index (χ1v) is 15.8. The molecule has 0 bridgehead atoms. The number of hydrogen-bond donors (Lipinski definition) is 4. The molecule has 9 heteroatoms. The topological polar surface area (TPSA) is 148 Å². The summed E-state index contributed by atoms with van der Waals surface area (Å²) in [6.07, 6.45) is 13.5. The van der Waals surface area contributed by atoms with Crippen molar-refractivity contribution in [3.8, 4) is 0 Å². The number of nitrogens with one attached hydrogen (secondary N) is 2. The minimum Gasteiger partial charge on any atom is -0.480 e. The number of ether oxygens (including phenoxy) is 1. The van der Waals surface area contributed by atoms with Crippen molar-refractivity contribution < 1.29 is 29.0 Å². The average Bonchev–Trinajstić information content (AvgIpc) is 2.93. The normalized spacial score (nSPS) is 18.6. The van der Waals surface area contributed by atoms with Gasteiger partial charge in [0.2, 0.25) is 11.8 Å². The van der Waals surface area contributed by atoms with Gasteiger partial charge in [-0.1, -0.05) is 105 Å². The summed E-state index contributed by atoms with van der Waals surface area (Å²) in [7, 11) is 0. The number of carbonyl (C=O) groups is 4. The van der Waals surface area contributed by atoms with E-state index < -0.39 is 42.1 Å². The van der Waals surface area contributed by atoms with Crippen LogP contribution in [0.15, 0.2) is 0 Å². The van der Waals surface area contributed by atoms with Gasteiger partial charge in [0.1, 0.15) is 24.2 Å². The molecule has 0 spiro atoms. The minimum absolute atomic E-state index is 0.0457. The molecule has 6 atom stereocenters. The Bertz CT molecular complexity index is 770. The molecule has 5 N–H and O–H groups in total. The Kier molecular flexibility index (Phi) is 17.8. The van der Waals surface area contributed by atoms with Gasteiger partial charge in [-0.25, -0.2) is 0 Å². The zero-order valence-corrected chi connectivity index (χ0v) is 25.7. The molecule has 1 aliphatic rings. The van der Waals surface area contributed by atoms with Crippen LogP contribution in [0.2, 0.25) is 0 Å². The fourth-order valence-electron chi connectivity index (χ4n) is 5.30. The van der Waals surface area contributed by atoms with Crippen LogP contribution in [-0.4, -0.2) is 53.1 Å². The zero-order chi connectivity index (χ0) is 30.1. The first-order chi connectivity index (χ1) is 19.0. The van der Waals surface area contributed by atoms with Crippen molar-refractivity contribution in [2.75, 3.05) is 0 Å². The highest BCUT2D eigenvalue weighted by atomic mass is 16.5. The van der Waals surface area contributed by atoms with Crippen molar-refractivity contribution in [3.63, 3.8) is 0 Å². The molecule has 1 fully saturated rings. The van der Waals surface area contributed by atoms with Crippen LogP contribution in [0.25, 0.3) is 0 Å². The van der Waals surface area contributed by atoms with Gasteiger partial charge in [-0.2, -0.15) is 0 Å². The fourth-order valence-corrected chi connectivity index (χ4v) is 5.30. The third-order valence-electron chi connectivity index (χ3n) is 8.51. The predicted molar refractivity (Wildman–Crippen MR) is 157 cm³/mol. The predicted octanol–water partition coefficient (Wildman–Crippen LogP) is 5.09. The standard InChI is InChI=1S/C31H57N3O6/c1-6-8-9-10-11-13-16-22(4)26(40-31(39)28(32)21(3)7-2)20-27(35)34-25(19-24-17-14-12-15-18-24)29(36)33-23(5)30(37)38/h21-26,28H,6-20,32H2,1-5H3,(H,33,36)(H,34,35)(H,37,38)/t21-,22+,23+,25+,26+,28+/m1/s1. The average molecular weight is 568 g/mol. The molecule has 0 aliphatic heterocycles. The van der Waals surface area contributed by atoms with Gasteiger partial charge >= 0.3 is 11.9 Å². The number of rotatable bonds is 20. The summed E-state index contributed by atoms with van der Waals surface area (Å²) in [4.78, 5) is 50.5. The summed E-state index contributed by atoms with van der Waals surface area (Å²) < 4.78 is 5.85. The lowest BCUT2D eigenvalue weighted by Crippen LogP contribution is -2.52. The lowest BCUT2D eigenvalue weighted by Gasteiger charge is -2.29. The van der Waals surface area contributed by atoms with E-state index in [9.17, 15) is 24.3 Å². The Hall–Kier alpha value is -2.16. The molecule has 0 aromatic rings. The van der Waals surface area contributed by atoms with E-state index in [1.165, 1.54) is 26.2 Å². The Morgan fingerprint density at radius 1 is 0.900 bits per heavy atom. The van der Waals surface area contributed by atoms with E-state index in [0.29, 0.717) is 12.3 Å². The van der Waals surface area contributed by atoms with Crippen molar-refractivity contribution in [2.24, 2.45) is 23.5 Å². The molecule has 40 heavy (non-hydrogen) atoms. The first kappa shape index (κ1) is 35.9. The van der Waals surface area contributed by atoms with Crippen LogP contribution in [0.5, 0.6) is 0 Å². The highest BCUT2D eigenvalue weighted by molar-refractivity contribution is 5.90. The summed E-state index contributed by atoms with van der Waals surface area (Å²) in [5.74, 6) is -2.33. The molecule has 1 saturated carbocycles. The Morgan fingerprint density at radius 2 is 1.52 bits per heavy atom. The number of carbonyl (C=O) groups excluding carboxylic acids is 3. The second-order valence-electron chi connectivity index (χ2n) is 12.1. The molecule has 0 saturated heterocycles. The zero-order valence-electron chi connectivity index (χ0n) is 25.7. The monoisotopic (exact) mass is 567 g/mol. The number of hydrogen-bond acceptors (Lipinski definition) is 6. The van der Waals surface area contributed by atoms with Crippen molar-refractivity contribution in [1.29, 1.82) is 0 Å². The maximum Gasteiger partial charge on any atom is 0.325 e. The van der Waals surface area contributed by atoms with Crippen molar-refractivity contribution in [2.45, 2.75) is 155 Å². The molecule has 9 nitrogen and oxygen atoms in total. The molecule has 0 unspecified atom stereocenters. The maximum absolute atomic E-state index is 13.3. The van der Waals surface area contributed by atoms with Gasteiger partial charge in [0.15, 0.2) is 0 Å². The molecule has 232 valence electrons. The van der Waals surface area contributed by atoms with Crippen molar-refractivity contribution >= 4 is 23.8 Å². The fraction of sp³-hybridized carbons (Fsp3) is 0.871. The van der Waals surface area contributed by atoms with E-state index in [2.05, 4.69) is 17.6 Å². The molecule has 0 radical (unpaired) electrons. The number of unbranched alkanes of at least 4 members (excludes halogenated alkanes) is 5. The summed E-state index contributed by atoms with van der Waals surface area (Å²) in [6.45, 7) is 9.45. The van der Waals surface area contributed by atoms with Gasteiger partial charge in [-0.15, -0.1) is 0 Å². The van der Waals surface area contributed by atoms with E-state index in [-0.39, 0.29) is 24.2 Å². The molecular weight excluding hydrogens is 510 g/mol. The number of nitrogens with two attached hydrogens (primary N) is 1. The number of aliphatic carboxylic acids is 1. The van der Waals surface area contributed by atoms with E-state index in [1.807, 2.05) is 20.8 Å². The summed E-state index contributed by atoms with van der Waals surface area (Å²) >= 11 is 0. The third kappa shape index (κ3) is 14.0. The van der Waals surface area contributed by atoms with Gasteiger partial charge in [0.05, 0.1) is 6.42 Å². The van der Waals surface area contributed by atoms with Crippen LogP contribution in [0, 0.1) is 17.8 Å².